The van der Waals surface area contributed by atoms with Gasteiger partial charge in [-0.25, -0.2) is 8.42 Å². The highest BCUT2D eigenvalue weighted by atomic mass is 35.5. The number of hydrogen-bond acceptors (Lipinski definition) is 4. The molecule has 0 bridgehead atoms. The van der Waals surface area contributed by atoms with Crippen LogP contribution in [-0.2, 0) is 26.9 Å². The number of rotatable bonds is 5. The molecule has 1 unspecified atom stereocenters. The van der Waals surface area contributed by atoms with Crippen molar-refractivity contribution in [3.63, 3.8) is 0 Å². The van der Waals surface area contributed by atoms with Gasteiger partial charge in [0.1, 0.15) is 0 Å². The van der Waals surface area contributed by atoms with Crippen LogP contribution in [-0.4, -0.2) is 23.5 Å². The van der Waals surface area contributed by atoms with Gasteiger partial charge in [0.25, 0.3) is 10.0 Å². The first kappa shape index (κ1) is 19.7. The third-order valence-electron chi connectivity index (χ3n) is 3.05. The highest BCUT2D eigenvalue weighted by molar-refractivity contribution is 7.92. The van der Waals surface area contributed by atoms with Crippen LogP contribution in [0.15, 0.2) is 53.4 Å². The molecule has 0 radical (unpaired) electrons. The topological polar surface area (TPSA) is 77.5 Å². The fourth-order valence-corrected chi connectivity index (χ4v) is 4.15. The van der Waals surface area contributed by atoms with Gasteiger partial charge in [0.05, 0.1) is 10.6 Å². The Morgan fingerprint density at radius 3 is 2.24 bits per heavy atom. The van der Waals surface area contributed by atoms with Crippen LogP contribution in [0.4, 0.5) is 18.9 Å². The molecule has 11 heteroatoms. The van der Waals surface area contributed by atoms with Crippen molar-refractivity contribution in [2.45, 2.75) is 16.9 Å². The van der Waals surface area contributed by atoms with Crippen LogP contribution in [0.3, 0.4) is 0 Å². The zero-order chi connectivity index (χ0) is 18.8. The number of anilines is 1. The molecule has 2 aromatic rings. The van der Waals surface area contributed by atoms with Crippen LogP contribution >= 0.6 is 11.6 Å². The summed E-state index contributed by atoms with van der Waals surface area (Å²) in [4.78, 5) is -0.596. The largest absolute Gasteiger partial charge is 0.772 e. The summed E-state index contributed by atoms with van der Waals surface area (Å²) in [7, 11) is -5.04. The Bertz CT molecular complexity index is 889. The van der Waals surface area contributed by atoms with Crippen molar-refractivity contribution >= 4 is 38.4 Å². The average molecular weight is 413 g/mol. The van der Waals surface area contributed by atoms with Gasteiger partial charge in [0.15, 0.2) is 0 Å². The summed E-state index contributed by atoms with van der Waals surface area (Å²) in [6.07, 6.45) is -5.33. The number of alkyl halides is 3. The summed E-state index contributed by atoms with van der Waals surface area (Å²) < 4.78 is 86.9. The lowest BCUT2D eigenvalue weighted by Crippen LogP contribution is -2.43. The van der Waals surface area contributed by atoms with Gasteiger partial charge in [-0.1, -0.05) is 46.9 Å². The van der Waals surface area contributed by atoms with Crippen molar-refractivity contribution < 1.29 is 30.4 Å². The molecule has 0 aliphatic carbocycles. The van der Waals surface area contributed by atoms with Gasteiger partial charge < -0.3 is 4.55 Å². The van der Waals surface area contributed by atoms with Crippen molar-refractivity contribution in [3.05, 3.63) is 59.1 Å². The van der Waals surface area contributed by atoms with Crippen LogP contribution in [0, 0.1) is 0 Å². The number of nitrogens with zero attached hydrogens (tertiary/aromatic N) is 1. The predicted molar refractivity (Wildman–Crippen MR) is 86.2 cm³/mol. The third kappa shape index (κ3) is 4.51. The van der Waals surface area contributed by atoms with Gasteiger partial charge in [0, 0.05) is 10.8 Å². The van der Waals surface area contributed by atoms with E-state index in [0.29, 0.717) is 0 Å². The van der Waals surface area contributed by atoms with Gasteiger partial charge in [-0.15, -0.1) is 13.2 Å². The highest BCUT2D eigenvalue weighted by Gasteiger charge is 2.47. The van der Waals surface area contributed by atoms with E-state index in [1.54, 1.807) is 0 Å². The normalized spacial score (nSPS) is 13.5. The Morgan fingerprint density at radius 2 is 1.72 bits per heavy atom. The minimum atomic E-state index is -5.33. The average Bonchev–Trinajstić information content (AvgIpc) is 2.49. The molecule has 0 spiro atoms. The summed E-state index contributed by atoms with van der Waals surface area (Å²) in [5.74, 6) is -0.802. The molecular formula is C14H10ClF3NO4S2-. The highest BCUT2D eigenvalue weighted by Crippen LogP contribution is 2.38. The quantitative estimate of drug-likeness (QED) is 0.556. The van der Waals surface area contributed by atoms with Gasteiger partial charge in [-0.2, -0.15) is 4.31 Å². The van der Waals surface area contributed by atoms with E-state index in [4.69, 9.17) is 11.6 Å². The molecule has 0 aliphatic heterocycles. The molecule has 0 fully saturated rings. The minimum absolute atomic E-state index is 0.173. The molecule has 25 heavy (non-hydrogen) atoms. The maximum absolute atomic E-state index is 13.6. The lowest BCUT2D eigenvalue weighted by molar-refractivity contribution is -0.115. The summed E-state index contributed by atoms with van der Waals surface area (Å²) in [6, 6.07) is 8.97. The number of benzene rings is 2. The SMILES string of the molecule is O=S([O-])Cc1ccc(Cl)cc1N(C(F)(F)F)S(=O)(=O)c1ccccc1. The Balaban J connectivity index is 2.73. The van der Waals surface area contributed by atoms with E-state index in [1.165, 1.54) is 24.3 Å². The van der Waals surface area contributed by atoms with Crippen LogP contribution < -0.4 is 4.31 Å². The van der Waals surface area contributed by atoms with Crippen LogP contribution in [0.25, 0.3) is 0 Å². The molecule has 0 saturated heterocycles. The fraction of sp³-hybridized carbons (Fsp3) is 0.143. The van der Waals surface area contributed by atoms with Crippen molar-refractivity contribution in [1.82, 2.24) is 0 Å². The number of hydrogen-bond donors (Lipinski definition) is 0. The molecule has 0 N–H and O–H groups in total. The molecule has 0 heterocycles. The maximum Gasteiger partial charge on any atom is 0.498 e. The Labute approximate surface area is 149 Å². The van der Waals surface area contributed by atoms with Crippen molar-refractivity contribution in [2.24, 2.45) is 0 Å². The lowest BCUT2D eigenvalue weighted by Gasteiger charge is -2.28. The first-order valence-electron chi connectivity index (χ1n) is 6.55. The molecule has 136 valence electrons. The molecule has 1 atom stereocenters. The van der Waals surface area contributed by atoms with E-state index in [-0.39, 0.29) is 10.6 Å². The third-order valence-corrected chi connectivity index (χ3v) is 5.59. The number of halogens is 4. The Hall–Kier alpha value is -1.62. The van der Waals surface area contributed by atoms with Crippen molar-refractivity contribution in [1.29, 1.82) is 0 Å². The van der Waals surface area contributed by atoms with Crippen LogP contribution in [0.1, 0.15) is 5.56 Å². The van der Waals surface area contributed by atoms with Crippen LogP contribution in [0.2, 0.25) is 5.02 Å². The summed E-state index contributed by atoms with van der Waals surface area (Å²) in [6.45, 7) is 0. The van der Waals surface area contributed by atoms with E-state index in [2.05, 4.69) is 0 Å². The van der Waals surface area contributed by atoms with E-state index in [1.807, 2.05) is 0 Å². The smallest absolute Gasteiger partial charge is 0.498 e. The summed E-state index contributed by atoms with van der Waals surface area (Å²) in [5.41, 5.74) is -1.22. The lowest BCUT2D eigenvalue weighted by atomic mass is 10.2. The molecule has 0 aromatic heterocycles. The van der Waals surface area contributed by atoms with Crippen molar-refractivity contribution in [3.8, 4) is 0 Å². The zero-order valence-corrected chi connectivity index (χ0v) is 14.6. The molecule has 5 nitrogen and oxygen atoms in total. The predicted octanol–water partition coefficient (Wildman–Crippen LogP) is 3.43. The summed E-state index contributed by atoms with van der Waals surface area (Å²) in [5, 5.41) is -0.173. The first-order chi connectivity index (χ1) is 11.5. The van der Waals surface area contributed by atoms with E-state index < -0.39 is 48.0 Å². The monoisotopic (exact) mass is 412 g/mol. The summed E-state index contributed by atoms with van der Waals surface area (Å²) >= 11 is 2.97. The van der Waals surface area contributed by atoms with E-state index >= 15 is 0 Å². The Kier molecular flexibility index (Phi) is 5.77. The molecular weight excluding hydrogens is 403 g/mol. The molecule has 0 amide bonds. The molecule has 2 rings (SSSR count). The van der Waals surface area contributed by atoms with Crippen molar-refractivity contribution in [2.75, 3.05) is 4.31 Å². The van der Waals surface area contributed by atoms with Gasteiger partial charge >= 0.3 is 6.30 Å². The second kappa shape index (κ2) is 7.32. The van der Waals surface area contributed by atoms with Crippen LogP contribution in [0.5, 0.6) is 0 Å². The fourth-order valence-electron chi connectivity index (χ4n) is 2.08. The second-order valence-corrected chi connectivity index (χ2v) is 7.89. The molecule has 2 aromatic carbocycles. The Morgan fingerprint density at radius 1 is 1.12 bits per heavy atom. The minimum Gasteiger partial charge on any atom is -0.772 e. The maximum atomic E-state index is 13.6. The standard InChI is InChI=1S/C14H11ClF3NO4S2/c15-11-7-6-10(9-24(20)21)13(8-11)19(14(16,17)18)25(22,23)12-4-2-1-3-5-12/h1-8H,9H2,(H,20,21)/p-1. The second-order valence-electron chi connectivity index (χ2n) is 4.77. The van der Waals surface area contributed by atoms with E-state index in [9.17, 15) is 30.4 Å². The molecule has 0 saturated carbocycles. The first-order valence-corrected chi connectivity index (χ1v) is 9.61. The molecule has 0 aliphatic rings. The number of sulfonamides is 1. The van der Waals surface area contributed by atoms with Gasteiger partial charge in [-0.05, 0) is 29.8 Å². The van der Waals surface area contributed by atoms with Gasteiger partial charge in [0.2, 0.25) is 0 Å². The van der Waals surface area contributed by atoms with Gasteiger partial charge in [-0.3, -0.25) is 4.21 Å². The zero-order valence-electron chi connectivity index (χ0n) is 12.2. The van der Waals surface area contributed by atoms with E-state index in [0.717, 1.165) is 24.3 Å².